The van der Waals surface area contributed by atoms with Gasteiger partial charge in [-0.2, -0.15) is 4.31 Å². The van der Waals surface area contributed by atoms with Crippen LogP contribution in [0.5, 0.6) is 0 Å². The first-order valence-corrected chi connectivity index (χ1v) is 9.43. The summed E-state index contributed by atoms with van der Waals surface area (Å²) in [6, 6.07) is 2.82. The van der Waals surface area contributed by atoms with Gasteiger partial charge in [0.2, 0.25) is 10.0 Å². The molecular formula is C15H23N3O3S. The maximum absolute atomic E-state index is 12.6. The highest BCUT2D eigenvalue weighted by atomic mass is 32.2. The highest BCUT2D eigenvalue weighted by Crippen LogP contribution is 2.20. The van der Waals surface area contributed by atoms with E-state index in [0.717, 1.165) is 38.8 Å². The molecule has 2 saturated heterocycles. The number of nitrogens with zero attached hydrogens (tertiary/aromatic N) is 2. The number of hydrogen-bond acceptors (Lipinski definition) is 4. The Hall–Kier alpha value is -1.18. The van der Waals surface area contributed by atoms with Crippen molar-refractivity contribution in [2.75, 3.05) is 26.2 Å². The van der Waals surface area contributed by atoms with Gasteiger partial charge >= 0.3 is 0 Å². The standard InChI is InChI=1S/C15H23N3O3S/c19-15-4-3-14(22(20,21)18-9-1-2-10-18)12-17(15)11-13-5-7-16-8-6-13/h3-4,12-13,16H,1-2,5-11H2. The van der Waals surface area contributed by atoms with Crippen molar-refractivity contribution < 1.29 is 8.42 Å². The van der Waals surface area contributed by atoms with E-state index in [2.05, 4.69) is 5.32 Å². The van der Waals surface area contributed by atoms with Crippen molar-refractivity contribution in [1.82, 2.24) is 14.2 Å². The fraction of sp³-hybridized carbons (Fsp3) is 0.667. The van der Waals surface area contributed by atoms with E-state index in [-0.39, 0.29) is 10.5 Å². The number of rotatable bonds is 4. The van der Waals surface area contributed by atoms with Crippen molar-refractivity contribution in [2.45, 2.75) is 37.1 Å². The lowest BCUT2D eigenvalue weighted by molar-refractivity contribution is 0.328. The molecule has 1 N–H and O–H groups in total. The third-order valence-corrected chi connectivity index (χ3v) is 6.45. The predicted molar refractivity (Wildman–Crippen MR) is 84.3 cm³/mol. The minimum atomic E-state index is -3.46. The van der Waals surface area contributed by atoms with Crippen LogP contribution >= 0.6 is 0 Å². The van der Waals surface area contributed by atoms with Gasteiger partial charge in [-0.1, -0.05) is 0 Å². The molecule has 3 heterocycles. The number of pyridine rings is 1. The second-order valence-corrected chi connectivity index (χ2v) is 8.10. The van der Waals surface area contributed by atoms with Crippen molar-refractivity contribution in [3.8, 4) is 0 Å². The molecule has 0 unspecified atom stereocenters. The maximum atomic E-state index is 12.6. The number of nitrogens with one attached hydrogen (secondary N) is 1. The number of sulfonamides is 1. The molecule has 2 aliphatic heterocycles. The molecule has 122 valence electrons. The van der Waals surface area contributed by atoms with Crippen LogP contribution in [0.1, 0.15) is 25.7 Å². The molecule has 0 saturated carbocycles. The average Bonchev–Trinajstić information content (AvgIpc) is 3.05. The first-order valence-electron chi connectivity index (χ1n) is 7.99. The van der Waals surface area contributed by atoms with E-state index in [1.807, 2.05) is 0 Å². The summed E-state index contributed by atoms with van der Waals surface area (Å²) in [4.78, 5) is 12.3. The number of hydrogen-bond donors (Lipinski definition) is 1. The SMILES string of the molecule is O=c1ccc(S(=O)(=O)N2CCCC2)cn1CC1CCNCC1. The number of piperidine rings is 1. The van der Waals surface area contributed by atoms with Crippen LogP contribution in [0.4, 0.5) is 0 Å². The first kappa shape index (κ1) is 15.7. The van der Waals surface area contributed by atoms with Crippen LogP contribution in [0.3, 0.4) is 0 Å². The molecule has 0 amide bonds. The van der Waals surface area contributed by atoms with Gasteiger partial charge in [0.25, 0.3) is 5.56 Å². The molecule has 0 atom stereocenters. The zero-order valence-corrected chi connectivity index (χ0v) is 13.5. The Bertz CT molecular complexity index is 672. The van der Waals surface area contributed by atoms with E-state index < -0.39 is 10.0 Å². The molecule has 7 heteroatoms. The van der Waals surface area contributed by atoms with Gasteiger partial charge in [-0.3, -0.25) is 4.79 Å². The second-order valence-electron chi connectivity index (χ2n) is 6.16. The molecule has 2 aliphatic rings. The van der Waals surface area contributed by atoms with Crippen LogP contribution in [-0.2, 0) is 16.6 Å². The summed E-state index contributed by atoms with van der Waals surface area (Å²) in [5.41, 5.74) is -0.126. The van der Waals surface area contributed by atoms with E-state index in [9.17, 15) is 13.2 Å². The fourth-order valence-corrected chi connectivity index (χ4v) is 4.76. The highest BCUT2D eigenvalue weighted by Gasteiger charge is 2.27. The molecule has 1 aromatic heterocycles. The van der Waals surface area contributed by atoms with Crippen LogP contribution < -0.4 is 10.9 Å². The van der Waals surface area contributed by atoms with E-state index in [4.69, 9.17) is 0 Å². The largest absolute Gasteiger partial charge is 0.317 e. The second kappa shape index (κ2) is 6.52. The zero-order valence-electron chi connectivity index (χ0n) is 12.7. The molecule has 1 aromatic rings. The minimum Gasteiger partial charge on any atom is -0.317 e. The Morgan fingerprint density at radius 3 is 2.50 bits per heavy atom. The van der Waals surface area contributed by atoms with Crippen molar-refractivity contribution in [3.05, 3.63) is 28.7 Å². The molecule has 6 nitrogen and oxygen atoms in total. The first-order chi connectivity index (χ1) is 10.6. The normalized spacial score (nSPS) is 21.3. The molecule has 0 aromatic carbocycles. The van der Waals surface area contributed by atoms with Gasteiger partial charge in [0.15, 0.2) is 0 Å². The Morgan fingerprint density at radius 1 is 1.14 bits per heavy atom. The average molecular weight is 325 g/mol. The molecule has 0 bridgehead atoms. The van der Waals surface area contributed by atoms with Crippen LogP contribution in [-0.4, -0.2) is 43.5 Å². The van der Waals surface area contributed by atoms with Gasteiger partial charge in [0, 0.05) is 31.9 Å². The highest BCUT2D eigenvalue weighted by molar-refractivity contribution is 7.89. The van der Waals surface area contributed by atoms with Gasteiger partial charge in [-0.25, -0.2) is 8.42 Å². The number of aromatic nitrogens is 1. The Morgan fingerprint density at radius 2 is 1.82 bits per heavy atom. The predicted octanol–water partition coefficient (Wildman–Crippen LogP) is 0.632. The summed E-state index contributed by atoms with van der Waals surface area (Å²) in [6.45, 7) is 3.69. The summed E-state index contributed by atoms with van der Waals surface area (Å²) >= 11 is 0. The van der Waals surface area contributed by atoms with Crippen molar-refractivity contribution in [2.24, 2.45) is 5.92 Å². The van der Waals surface area contributed by atoms with Gasteiger partial charge in [0.05, 0.1) is 4.90 Å². The Labute approximate surface area is 131 Å². The van der Waals surface area contributed by atoms with Gasteiger partial charge < -0.3 is 9.88 Å². The maximum Gasteiger partial charge on any atom is 0.250 e. The van der Waals surface area contributed by atoms with Crippen LogP contribution in [0, 0.1) is 5.92 Å². The van der Waals surface area contributed by atoms with Gasteiger partial charge in [0.1, 0.15) is 0 Å². The van der Waals surface area contributed by atoms with E-state index in [1.165, 1.54) is 22.6 Å². The van der Waals surface area contributed by atoms with Crippen molar-refractivity contribution in [1.29, 1.82) is 0 Å². The summed E-state index contributed by atoms with van der Waals surface area (Å²) in [7, 11) is -3.46. The quantitative estimate of drug-likeness (QED) is 0.881. The Kier molecular flexibility index (Phi) is 4.65. The fourth-order valence-electron chi connectivity index (χ4n) is 3.22. The van der Waals surface area contributed by atoms with E-state index in [0.29, 0.717) is 25.6 Å². The van der Waals surface area contributed by atoms with Crippen LogP contribution in [0.15, 0.2) is 28.0 Å². The molecule has 22 heavy (non-hydrogen) atoms. The lowest BCUT2D eigenvalue weighted by Crippen LogP contribution is -2.33. The van der Waals surface area contributed by atoms with Crippen LogP contribution in [0.2, 0.25) is 0 Å². The van der Waals surface area contributed by atoms with Crippen molar-refractivity contribution >= 4 is 10.0 Å². The third-order valence-electron chi connectivity index (χ3n) is 4.57. The lowest BCUT2D eigenvalue weighted by Gasteiger charge is -2.23. The van der Waals surface area contributed by atoms with Crippen LogP contribution in [0.25, 0.3) is 0 Å². The van der Waals surface area contributed by atoms with E-state index in [1.54, 1.807) is 4.57 Å². The molecule has 3 rings (SSSR count). The van der Waals surface area contributed by atoms with E-state index >= 15 is 0 Å². The lowest BCUT2D eigenvalue weighted by atomic mass is 9.98. The minimum absolute atomic E-state index is 0.126. The zero-order chi connectivity index (χ0) is 15.6. The monoisotopic (exact) mass is 325 g/mol. The smallest absolute Gasteiger partial charge is 0.250 e. The topological polar surface area (TPSA) is 71.4 Å². The molecular weight excluding hydrogens is 302 g/mol. The molecule has 0 spiro atoms. The molecule has 0 radical (unpaired) electrons. The molecule has 2 fully saturated rings. The van der Waals surface area contributed by atoms with Gasteiger partial charge in [-0.15, -0.1) is 0 Å². The van der Waals surface area contributed by atoms with Crippen molar-refractivity contribution in [3.63, 3.8) is 0 Å². The Balaban J connectivity index is 1.84. The summed E-state index contributed by atoms with van der Waals surface area (Å²) in [5.74, 6) is 0.434. The van der Waals surface area contributed by atoms with Gasteiger partial charge in [-0.05, 0) is 50.8 Å². The third kappa shape index (κ3) is 3.26. The summed E-state index contributed by atoms with van der Waals surface area (Å²) in [5, 5.41) is 3.30. The molecule has 0 aliphatic carbocycles. The summed E-state index contributed by atoms with van der Waals surface area (Å²) in [6.07, 6.45) is 5.39. The summed E-state index contributed by atoms with van der Waals surface area (Å²) < 4.78 is 28.3.